The molecule has 0 aliphatic rings. The molecule has 0 radical (unpaired) electrons. The summed E-state index contributed by atoms with van der Waals surface area (Å²) >= 11 is 0. The molecule has 3 aromatic carbocycles. The van der Waals surface area contributed by atoms with E-state index in [-0.39, 0.29) is 33.8 Å². The Bertz CT molecular complexity index is 1680. The highest BCUT2D eigenvalue weighted by atomic mass is 16.6. The van der Waals surface area contributed by atoms with Gasteiger partial charge in [-0.05, 0) is 42.3 Å². The third kappa shape index (κ3) is 4.06. The molecule has 35 heavy (non-hydrogen) atoms. The number of nitrogens with one attached hydrogen (secondary N) is 1. The molecule has 2 heterocycles. The maximum absolute atomic E-state index is 12.8. The molecule has 172 valence electrons. The van der Waals surface area contributed by atoms with Gasteiger partial charge in [-0.3, -0.25) is 14.9 Å². The molecule has 0 aliphatic carbocycles. The number of rotatable bonds is 4. The van der Waals surface area contributed by atoms with E-state index in [1.165, 1.54) is 30.3 Å². The number of H-pyrrole nitrogens is 1. The van der Waals surface area contributed by atoms with E-state index in [0.717, 1.165) is 0 Å². The number of nitro benzene ring substituents is 1. The Hall–Kier alpha value is -5.05. The number of fused-ring (bicyclic) bond motifs is 1. The Morgan fingerprint density at radius 1 is 0.857 bits per heavy atom. The molecule has 0 amide bonds. The quantitative estimate of drug-likeness (QED) is 0.193. The Kier molecular flexibility index (Phi) is 5.21. The minimum atomic E-state index is -0.490. The molecule has 9 heteroatoms. The summed E-state index contributed by atoms with van der Waals surface area (Å²) in [6, 6.07) is 19.2. The molecule has 0 atom stereocenters. The number of phenols is 2. The van der Waals surface area contributed by atoms with Gasteiger partial charge in [-0.2, -0.15) is 0 Å². The first-order valence-corrected chi connectivity index (χ1v) is 10.6. The van der Waals surface area contributed by atoms with Crippen LogP contribution >= 0.6 is 0 Å². The van der Waals surface area contributed by atoms with Crippen molar-refractivity contribution in [2.45, 2.75) is 6.92 Å². The summed E-state index contributed by atoms with van der Waals surface area (Å²) in [5.74, 6) is 0.462. The van der Waals surface area contributed by atoms with Crippen molar-refractivity contribution in [2.75, 3.05) is 0 Å². The van der Waals surface area contributed by atoms with Crippen molar-refractivity contribution in [3.63, 3.8) is 0 Å². The fourth-order valence-corrected chi connectivity index (χ4v) is 3.99. The van der Waals surface area contributed by atoms with Crippen LogP contribution in [0.2, 0.25) is 0 Å². The minimum Gasteiger partial charge on any atom is -0.508 e. The van der Waals surface area contributed by atoms with Crippen LogP contribution in [0, 0.1) is 17.0 Å². The lowest BCUT2D eigenvalue weighted by molar-refractivity contribution is -0.384. The highest BCUT2D eigenvalue weighted by molar-refractivity contribution is 5.95. The van der Waals surface area contributed by atoms with Crippen LogP contribution in [0.5, 0.6) is 11.5 Å². The number of nitrogens with zero attached hydrogens (tertiary/aromatic N) is 3. The summed E-state index contributed by atoms with van der Waals surface area (Å²) < 4.78 is 0. The predicted molar refractivity (Wildman–Crippen MR) is 131 cm³/mol. The van der Waals surface area contributed by atoms with Crippen LogP contribution in [0.4, 0.5) is 5.69 Å². The predicted octanol–water partition coefficient (Wildman–Crippen LogP) is 4.95. The van der Waals surface area contributed by atoms with E-state index in [1.807, 2.05) is 0 Å². The maximum Gasteiger partial charge on any atom is 0.270 e. The molecule has 0 spiro atoms. The van der Waals surface area contributed by atoms with E-state index in [1.54, 1.807) is 49.4 Å². The van der Waals surface area contributed by atoms with E-state index in [0.29, 0.717) is 39.3 Å². The number of aromatic hydroxyl groups is 2. The van der Waals surface area contributed by atoms with Gasteiger partial charge in [-0.15, -0.1) is 0 Å². The van der Waals surface area contributed by atoms with Crippen molar-refractivity contribution in [2.24, 2.45) is 0 Å². The van der Waals surface area contributed by atoms with Crippen molar-refractivity contribution in [3.05, 3.63) is 99.1 Å². The Labute approximate surface area is 198 Å². The summed E-state index contributed by atoms with van der Waals surface area (Å²) in [7, 11) is 0. The summed E-state index contributed by atoms with van der Waals surface area (Å²) in [5.41, 5.74) is 3.09. The number of benzene rings is 3. The highest BCUT2D eigenvalue weighted by Gasteiger charge is 2.17. The van der Waals surface area contributed by atoms with E-state index >= 15 is 0 Å². The van der Waals surface area contributed by atoms with Crippen LogP contribution in [0.3, 0.4) is 0 Å². The lowest BCUT2D eigenvalue weighted by Crippen LogP contribution is -2.12. The number of non-ortho nitro benzene ring substituents is 1. The molecule has 0 unspecified atom stereocenters. The molecule has 3 N–H and O–H groups in total. The number of nitro groups is 1. The van der Waals surface area contributed by atoms with Gasteiger partial charge < -0.3 is 15.2 Å². The number of hydrogen-bond acceptors (Lipinski definition) is 7. The molecule has 9 nitrogen and oxygen atoms in total. The molecule has 0 bridgehead atoms. The van der Waals surface area contributed by atoms with Crippen molar-refractivity contribution < 1.29 is 15.1 Å². The molecule has 0 saturated heterocycles. The smallest absolute Gasteiger partial charge is 0.270 e. The van der Waals surface area contributed by atoms with Gasteiger partial charge in [0.1, 0.15) is 17.3 Å². The monoisotopic (exact) mass is 466 g/mol. The lowest BCUT2D eigenvalue weighted by atomic mass is 9.98. The Morgan fingerprint density at radius 2 is 1.60 bits per heavy atom. The molecule has 0 saturated carbocycles. The van der Waals surface area contributed by atoms with Crippen LogP contribution in [0.15, 0.2) is 77.6 Å². The summed E-state index contributed by atoms with van der Waals surface area (Å²) in [5, 5.41) is 31.5. The zero-order chi connectivity index (χ0) is 24.7. The van der Waals surface area contributed by atoms with Gasteiger partial charge in [0.2, 0.25) is 0 Å². The zero-order valence-corrected chi connectivity index (χ0v) is 18.4. The minimum absolute atomic E-state index is 0.0336. The van der Waals surface area contributed by atoms with E-state index in [9.17, 15) is 25.1 Å². The topological polar surface area (TPSA) is 142 Å². The molecule has 0 aliphatic heterocycles. The van der Waals surface area contributed by atoms with E-state index in [4.69, 9.17) is 0 Å². The second-order valence-corrected chi connectivity index (χ2v) is 7.99. The van der Waals surface area contributed by atoms with Gasteiger partial charge in [0, 0.05) is 28.8 Å². The number of aryl methyl sites for hydroxylation is 1. The SMILES string of the molecule is Cc1nc2nc(-c3ccc(-c4cc(O)ccc4O)cc3)cc(-c3cccc([N+](=O)[O-])c3)c2c(=O)[nH]1. The number of pyridine rings is 1. The standard InChI is InChI=1S/C26H18N4O5/c1-14-27-25-24(26(33)28-14)21(17-3-2-4-18(11-17)30(34)35)13-22(29-25)16-7-5-15(6-8-16)20-12-19(31)9-10-23(20)32/h2-13,31-32H,1H3,(H,27,28,29,33). The van der Waals surface area contributed by atoms with Gasteiger partial charge in [0.05, 0.1) is 16.0 Å². The maximum atomic E-state index is 12.8. The molecular weight excluding hydrogens is 448 g/mol. The third-order valence-corrected chi connectivity index (χ3v) is 5.64. The summed E-state index contributed by atoms with van der Waals surface area (Å²) in [4.78, 5) is 35.3. The summed E-state index contributed by atoms with van der Waals surface area (Å²) in [6.07, 6.45) is 0. The van der Waals surface area contributed by atoms with Gasteiger partial charge in [0.25, 0.3) is 11.2 Å². The van der Waals surface area contributed by atoms with Crippen molar-refractivity contribution in [1.29, 1.82) is 0 Å². The second kappa shape index (κ2) is 8.38. The Balaban J connectivity index is 1.69. The number of hydrogen-bond donors (Lipinski definition) is 3. The van der Waals surface area contributed by atoms with Crippen molar-refractivity contribution in [3.8, 4) is 45.0 Å². The van der Waals surface area contributed by atoms with Gasteiger partial charge in [0.15, 0.2) is 5.65 Å². The van der Waals surface area contributed by atoms with Gasteiger partial charge in [-0.25, -0.2) is 9.97 Å². The molecular formula is C26H18N4O5. The second-order valence-electron chi connectivity index (χ2n) is 7.99. The average molecular weight is 466 g/mol. The van der Waals surface area contributed by atoms with Crippen LogP contribution in [-0.2, 0) is 0 Å². The zero-order valence-electron chi connectivity index (χ0n) is 18.4. The van der Waals surface area contributed by atoms with Crippen LogP contribution in [0.25, 0.3) is 44.5 Å². The normalized spacial score (nSPS) is 11.0. The lowest BCUT2D eigenvalue weighted by Gasteiger charge is -2.11. The van der Waals surface area contributed by atoms with Crippen LogP contribution < -0.4 is 5.56 Å². The Morgan fingerprint density at radius 3 is 2.34 bits per heavy atom. The third-order valence-electron chi connectivity index (χ3n) is 5.64. The van der Waals surface area contributed by atoms with Crippen LogP contribution in [-0.4, -0.2) is 30.1 Å². The van der Waals surface area contributed by atoms with Crippen LogP contribution in [0.1, 0.15) is 5.82 Å². The van der Waals surface area contributed by atoms with E-state index in [2.05, 4.69) is 15.0 Å². The van der Waals surface area contributed by atoms with Crippen molar-refractivity contribution >= 4 is 16.7 Å². The molecule has 0 fully saturated rings. The largest absolute Gasteiger partial charge is 0.508 e. The fraction of sp³-hybridized carbons (Fsp3) is 0.0385. The highest BCUT2D eigenvalue weighted by Crippen LogP contribution is 2.35. The number of aromatic nitrogens is 3. The van der Waals surface area contributed by atoms with E-state index < -0.39 is 4.92 Å². The van der Waals surface area contributed by atoms with Gasteiger partial charge in [-0.1, -0.05) is 36.4 Å². The molecule has 5 rings (SSSR count). The first kappa shape index (κ1) is 21.8. The van der Waals surface area contributed by atoms with Crippen molar-refractivity contribution in [1.82, 2.24) is 15.0 Å². The summed E-state index contributed by atoms with van der Waals surface area (Å²) in [6.45, 7) is 1.65. The molecule has 2 aromatic heterocycles. The number of aromatic amines is 1. The van der Waals surface area contributed by atoms with Gasteiger partial charge >= 0.3 is 0 Å². The first-order chi connectivity index (χ1) is 16.8. The average Bonchev–Trinajstić information content (AvgIpc) is 2.84. The molecule has 5 aromatic rings. The fourth-order valence-electron chi connectivity index (χ4n) is 3.99. The first-order valence-electron chi connectivity index (χ1n) is 10.6. The number of phenolic OH excluding ortho intramolecular Hbond substituents is 2.